The maximum absolute atomic E-state index is 12.3. The third-order valence-electron chi connectivity index (χ3n) is 6.83. The van der Waals surface area contributed by atoms with Gasteiger partial charge in [-0.25, -0.2) is 19.8 Å². The van der Waals surface area contributed by atoms with E-state index in [1.165, 1.54) is 13.4 Å². The summed E-state index contributed by atoms with van der Waals surface area (Å²) in [6.45, 7) is -0.260. The Hall–Kier alpha value is -3.24. The van der Waals surface area contributed by atoms with Crippen molar-refractivity contribution >= 4 is 33.2 Å². The van der Waals surface area contributed by atoms with Crippen LogP contribution in [0.2, 0.25) is 0 Å². The number of hydrogen-bond donors (Lipinski definition) is 4. The van der Waals surface area contributed by atoms with Crippen LogP contribution < -0.4 is 15.8 Å². The van der Waals surface area contributed by atoms with Gasteiger partial charge in [-0.2, -0.15) is 8.42 Å². The average molecular weight is 533 g/mol. The number of aliphatic hydroxyl groups is 1. The molecular formula is C22H28N8O6S. The monoisotopic (exact) mass is 532 g/mol. The number of aromatic nitrogens is 5. The highest BCUT2D eigenvalue weighted by Gasteiger charge is 2.37. The van der Waals surface area contributed by atoms with E-state index in [-0.39, 0.29) is 37.2 Å². The van der Waals surface area contributed by atoms with E-state index >= 15 is 0 Å². The zero-order valence-corrected chi connectivity index (χ0v) is 20.8. The highest BCUT2D eigenvalue weighted by molar-refractivity contribution is 7.84. The molecule has 1 aromatic carbocycles. The van der Waals surface area contributed by atoms with E-state index in [1.807, 2.05) is 24.3 Å². The lowest BCUT2D eigenvalue weighted by Gasteiger charge is -2.23. The zero-order valence-electron chi connectivity index (χ0n) is 20.0. The molecule has 198 valence electrons. The molecule has 1 amide bonds. The maximum atomic E-state index is 12.3. The van der Waals surface area contributed by atoms with Crippen LogP contribution in [-0.2, 0) is 30.4 Å². The highest BCUT2D eigenvalue weighted by Crippen LogP contribution is 2.38. The van der Waals surface area contributed by atoms with E-state index in [2.05, 4.69) is 35.1 Å². The second-order valence-electron chi connectivity index (χ2n) is 9.29. The number of ether oxygens (including phenoxy) is 1. The Kier molecular flexibility index (Phi) is 7.04. The number of methoxy groups -OCH3 is 1. The highest BCUT2D eigenvalue weighted by atomic mass is 32.2. The van der Waals surface area contributed by atoms with Crippen LogP contribution in [0.3, 0.4) is 0 Å². The van der Waals surface area contributed by atoms with Crippen LogP contribution in [0, 0.1) is 5.92 Å². The molecule has 14 nitrogen and oxygen atoms in total. The van der Waals surface area contributed by atoms with E-state index in [9.17, 15) is 18.3 Å². The Morgan fingerprint density at radius 3 is 2.86 bits per heavy atom. The van der Waals surface area contributed by atoms with E-state index in [4.69, 9.17) is 9.88 Å². The predicted molar refractivity (Wildman–Crippen MR) is 130 cm³/mol. The molecule has 15 heteroatoms. The van der Waals surface area contributed by atoms with Crippen molar-refractivity contribution in [1.82, 2.24) is 30.3 Å². The van der Waals surface area contributed by atoms with Crippen molar-refractivity contribution in [3.8, 4) is 0 Å². The lowest BCUT2D eigenvalue weighted by Crippen LogP contribution is -2.41. The number of benzene rings is 1. The van der Waals surface area contributed by atoms with Crippen molar-refractivity contribution in [2.45, 2.75) is 43.5 Å². The van der Waals surface area contributed by atoms with Gasteiger partial charge in [0.1, 0.15) is 12.9 Å². The molecule has 3 aromatic rings. The van der Waals surface area contributed by atoms with Gasteiger partial charge in [-0.3, -0.25) is 8.98 Å². The number of nitrogens with zero attached hydrogens (tertiary/aromatic N) is 5. The maximum Gasteiger partial charge on any atom is 0.333 e. The van der Waals surface area contributed by atoms with Gasteiger partial charge in [-0.1, -0.05) is 29.5 Å². The standard InChI is InChI=1S/C22H28N8O6S/c1-35-10-18(32)26-16-7-12-4-2-3-5-15(12)19(16)27-21-20-22(25-11-24-21)30(29-28-20)14-6-13(17(31)8-14)9-36-37(23,33)34/h2-5,11,13-14,16-17,19,31H,6-10H2,1H3,(H,26,32)(H2,23,33,34)(H,24,25,27)/t13?,14?,16-,17?,19+/m0/s1. The number of nitrogens with two attached hydrogens (primary N) is 1. The fraction of sp³-hybridized carbons (Fsp3) is 0.500. The van der Waals surface area contributed by atoms with E-state index in [0.717, 1.165) is 11.1 Å². The number of carbonyl (C=O) groups excluding carboxylic acids is 1. The summed E-state index contributed by atoms with van der Waals surface area (Å²) in [4.78, 5) is 21.0. The Bertz CT molecular complexity index is 1400. The molecule has 3 unspecified atom stereocenters. The van der Waals surface area contributed by atoms with Gasteiger partial charge < -0.3 is 20.5 Å². The molecule has 0 radical (unpaired) electrons. The molecule has 0 spiro atoms. The summed E-state index contributed by atoms with van der Waals surface area (Å²) in [5.41, 5.74) is 3.06. The lowest BCUT2D eigenvalue weighted by atomic mass is 10.1. The average Bonchev–Trinajstić information content (AvgIpc) is 3.53. The number of rotatable bonds is 9. The molecule has 1 fully saturated rings. The molecule has 2 heterocycles. The van der Waals surface area contributed by atoms with Gasteiger partial charge in [0.15, 0.2) is 17.0 Å². The third-order valence-corrected chi connectivity index (χ3v) is 7.30. The first-order chi connectivity index (χ1) is 17.7. The van der Waals surface area contributed by atoms with Crippen molar-refractivity contribution in [3.63, 3.8) is 0 Å². The molecule has 5 N–H and O–H groups in total. The second kappa shape index (κ2) is 10.3. The first-order valence-corrected chi connectivity index (χ1v) is 13.2. The van der Waals surface area contributed by atoms with Gasteiger partial charge in [0.25, 0.3) is 0 Å². The van der Waals surface area contributed by atoms with Gasteiger partial charge in [0.05, 0.1) is 30.8 Å². The summed E-state index contributed by atoms with van der Waals surface area (Å²) in [5, 5.41) is 30.4. The van der Waals surface area contributed by atoms with Crippen LogP contribution in [-0.4, -0.2) is 76.9 Å². The topological polar surface area (TPSA) is 196 Å². The Labute approximate surface area is 212 Å². The van der Waals surface area contributed by atoms with Crippen LogP contribution in [0.5, 0.6) is 0 Å². The van der Waals surface area contributed by atoms with Gasteiger partial charge in [0.2, 0.25) is 5.91 Å². The second-order valence-corrected chi connectivity index (χ2v) is 10.5. The minimum atomic E-state index is -4.10. The van der Waals surface area contributed by atoms with Gasteiger partial charge in [-0.05, 0) is 30.4 Å². The predicted octanol–water partition coefficient (Wildman–Crippen LogP) is -0.406. The van der Waals surface area contributed by atoms with E-state index in [0.29, 0.717) is 36.2 Å². The molecule has 0 bridgehead atoms. The molecule has 1 saturated carbocycles. The first-order valence-electron chi connectivity index (χ1n) is 11.8. The third kappa shape index (κ3) is 5.40. The van der Waals surface area contributed by atoms with Crippen molar-refractivity contribution in [2.75, 3.05) is 25.6 Å². The van der Waals surface area contributed by atoms with Crippen LogP contribution in [0.15, 0.2) is 30.6 Å². The largest absolute Gasteiger partial charge is 0.393 e. The van der Waals surface area contributed by atoms with Crippen LogP contribution >= 0.6 is 0 Å². The SMILES string of the molecule is COCC(=O)N[C@H]1Cc2ccccc2[C@H]1Nc1ncnc2c1nnn2C1CC(O)C(COS(N)(=O)=O)C1. The normalized spacial score (nSPS) is 25.3. The Morgan fingerprint density at radius 2 is 2.08 bits per heavy atom. The lowest BCUT2D eigenvalue weighted by molar-refractivity contribution is -0.125. The summed E-state index contributed by atoms with van der Waals surface area (Å²) >= 11 is 0. The molecule has 0 saturated heterocycles. The fourth-order valence-corrected chi connectivity index (χ4v) is 5.55. The number of fused-ring (bicyclic) bond motifs is 2. The summed E-state index contributed by atoms with van der Waals surface area (Å²) in [5.74, 6) is -0.197. The summed E-state index contributed by atoms with van der Waals surface area (Å²) in [7, 11) is -2.63. The molecule has 2 aliphatic rings. The van der Waals surface area contributed by atoms with Crippen molar-refractivity contribution in [2.24, 2.45) is 11.1 Å². The minimum absolute atomic E-state index is 0.0396. The fourth-order valence-electron chi connectivity index (χ4n) is 5.19. The summed E-state index contributed by atoms with van der Waals surface area (Å²) in [6.07, 6.45) is 1.99. The van der Waals surface area contributed by atoms with Gasteiger partial charge in [0, 0.05) is 13.0 Å². The molecule has 2 aliphatic carbocycles. The number of anilines is 1. The van der Waals surface area contributed by atoms with Crippen molar-refractivity contribution < 1.29 is 27.2 Å². The number of nitrogens with one attached hydrogen (secondary N) is 2. The van der Waals surface area contributed by atoms with Crippen molar-refractivity contribution in [3.05, 3.63) is 41.7 Å². The van der Waals surface area contributed by atoms with E-state index in [1.54, 1.807) is 4.68 Å². The number of carbonyl (C=O) groups is 1. The van der Waals surface area contributed by atoms with Crippen LogP contribution in [0.4, 0.5) is 5.82 Å². The van der Waals surface area contributed by atoms with Crippen LogP contribution in [0.25, 0.3) is 11.2 Å². The van der Waals surface area contributed by atoms with Crippen molar-refractivity contribution in [1.29, 1.82) is 0 Å². The molecule has 5 rings (SSSR count). The Morgan fingerprint density at radius 1 is 1.27 bits per heavy atom. The molecule has 5 atom stereocenters. The summed E-state index contributed by atoms with van der Waals surface area (Å²) in [6, 6.07) is 7.16. The van der Waals surface area contributed by atoms with Gasteiger partial charge >= 0.3 is 10.3 Å². The first kappa shape index (κ1) is 25.4. The molecule has 37 heavy (non-hydrogen) atoms. The van der Waals surface area contributed by atoms with Gasteiger partial charge in [-0.15, -0.1) is 5.10 Å². The summed E-state index contributed by atoms with van der Waals surface area (Å²) < 4.78 is 33.5. The number of hydrogen-bond acceptors (Lipinski definition) is 11. The molecule has 0 aliphatic heterocycles. The number of amides is 1. The van der Waals surface area contributed by atoms with Crippen LogP contribution in [0.1, 0.15) is 36.1 Å². The quantitative estimate of drug-likeness (QED) is 0.280. The van der Waals surface area contributed by atoms with E-state index < -0.39 is 22.3 Å². The smallest absolute Gasteiger partial charge is 0.333 e. The molecule has 2 aromatic heterocycles. The minimum Gasteiger partial charge on any atom is -0.393 e. The molecular weight excluding hydrogens is 504 g/mol. The number of aliphatic hydroxyl groups excluding tert-OH is 1. The Balaban J connectivity index is 1.38. The zero-order chi connectivity index (χ0) is 26.2.